The van der Waals surface area contributed by atoms with Crippen LogP contribution in [0.5, 0.6) is 0 Å². The summed E-state index contributed by atoms with van der Waals surface area (Å²) in [7, 11) is 0. The number of aliphatic carboxylic acids is 1. The highest BCUT2D eigenvalue weighted by molar-refractivity contribution is 7.98. The van der Waals surface area contributed by atoms with Crippen LogP contribution in [0.25, 0.3) is 0 Å². The van der Waals surface area contributed by atoms with Crippen LogP contribution in [0.1, 0.15) is 17.8 Å². The van der Waals surface area contributed by atoms with Crippen molar-refractivity contribution in [3.8, 4) is 0 Å². The number of nitrogens with zero attached hydrogens (tertiary/aromatic N) is 2. The zero-order chi connectivity index (χ0) is 24.2. The van der Waals surface area contributed by atoms with E-state index >= 15 is 0 Å². The monoisotopic (exact) mass is 480 g/mol. The zero-order valence-electron chi connectivity index (χ0n) is 18.0. The highest BCUT2D eigenvalue weighted by atomic mass is 32.2. The molecule has 3 atom stereocenters. The minimum absolute atomic E-state index is 0.0369. The van der Waals surface area contributed by atoms with Crippen LogP contribution in [0.15, 0.2) is 25.0 Å². The van der Waals surface area contributed by atoms with Crippen LogP contribution in [0.2, 0.25) is 0 Å². The third-order valence-corrected chi connectivity index (χ3v) is 5.25. The van der Waals surface area contributed by atoms with E-state index in [0.29, 0.717) is 23.6 Å². The van der Waals surface area contributed by atoms with Crippen LogP contribution in [-0.4, -0.2) is 85.4 Å². The average Bonchev–Trinajstić information content (AvgIpc) is 3.48. The first-order valence-electron chi connectivity index (χ1n) is 10.1. The number of aromatic nitrogens is 4. The molecule has 2 aromatic rings. The Morgan fingerprint density at radius 3 is 2.03 bits per heavy atom. The Labute approximate surface area is 194 Å². The molecule has 0 radical (unpaired) electrons. The van der Waals surface area contributed by atoms with Crippen molar-refractivity contribution in [1.82, 2.24) is 35.9 Å². The van der Waals surface area contributed by atoms with Gasteiger partial charge in [-0.2, -0.15) is 11.8 Å². The van der Waals surface area contributed by atoms with Crippen molar-refractivity contribution in [3.63, 3.8) is 0 Å². The smallest absolute Gasteiger partial charge is 0.322 e. The van der Waals surface area contributed by atoms with Crippen LogP contribution >= 0.6 is 11.8 Å². The molecule has 180 valence electrons. The summed E-state index contributed by atoms with van der Waals surface area (Å²) in [5.41, 5.74) is 7.07. The van der Waals surface area contributed by atoms with Gasteiger partial charge in [0.2, 0.25) is 17.7 Å². The van der Waals surface area contributed by atoms with E-state index in [0.717, 1.165) is 0 Å². The molecule has 2 rings (SSSR count). The highest BCUT2D eigenvalue weighted by Gasteiger charge is 2.29. The SMILES string of the molecule is CSCCC(N)C(=O)NC(Cc1cnc[nH]1)C(=O)NC(Cc1cnc[nH]1)C(=O)NCC(=O)O. The van der Waals surface area contributed by atoms with Gasteiger partial charge < -0.3 is 36.8 Å². The third kappa shape index (κ3) is 8.94. The fourth-order valence-corrected chi connectivity index (χ4v) is 3.35. The summed E-state index contributed by atoms with van der Waals surface area (Å²) in [4.78, 5) is 62.5. The minimum Gasteiger partial charge on any atom is -0.480 e. The fraction of sp³-hybridized carbons (Fsp3) is 0.474. The van der Waals surface area contributed by atoms with Gasteiger partial charge in [-0.3, -0.25) is 19.2 Å². The number of amides is 3. The molecular weight excluding hydrogens is 452 g/mol. The molecule has 0 fully saturated rings. The number of carbonyl (C=O) groups excluding carboxylic acids is 3. The molecule has 8 N–H and O–H groups in total. The molecule has 2 aromatic heterocycles. The van der Waals surface area contributed by atoms with Gasteiger partial charge in [-0.25, -0.2) is 9.97 Å². The van der Waals surface area contributed by atoms with Crippen LogP contribution in [0, 0.1) is 0 Å². The van der Waals surface area contributed by atoms with Crippen molar-refractivity contribution in [2.75, 3.05) is 18.6 Å². The van der Waals surface area contributed by atoms with Crippen molar-refractivity contribution in [3.05, 3.63) is 36.4 Å². The van der Waals surface area contributed by atoms with Crippen molar-refractivity contribution in [1.29, 1.82) is 0 Å². The lowest BCUT2D eigenvalue weighted by Crippen LogP contribution is -2.57. The largest absolute Gasteiger partial charge is 0.480 e. The Kier molecular flexibility index (Phi) is 10.4. The Morgan fingerprint density at radius 2 is 1.55 bits per heavy atom. The van der Waals surface area contributed by atoms with Gasteiger partial charge in [0.05, 0.1) is 18.7 Å². The standard InChI is InChI=1S/C19H28N8O5S/c1-33-3-2-13(20)17(30)26-15(5-12-7-22-10-25-12)19(32)27-14(4-11-6-21-9-24-11)18(31)23-8-16(28)29/h6-7,9-10,13-15H,2-5,8,20H2,1H3,(H,21,24)(H,22,25)(H,23,31)(H,26,30)(H,27,32)(H,28,29). The lowest BCUT2D eigenvalue weighted by molar-refractivity contribution is -0.138. The van der Waals surface area contributed by atoms with Gasteiger partial charge in [-0.1, -0.05) is 0 Å². The van der Waals surface area contributed by atoms with Crippen LogP contribution in [-0.2, 0) is 32.0 Å². The molecule has 0 saturated heterocycles. The first-order chi connectivity index (χ1) is 15.8. The summed E-state index contributed by atoms with van der Waals surface area (Å²) in [6.45, 7) is -0.604. The third-order valence-electron chi connectivity index (χ3n) is 4.61. The normalized spacial score (nSPS) is 13.5. The number of rotatable bonds is 14. The van der Waals surface area contributed by atoms with E-state index in [-0.39, 0.29) is 12.8 Å². The first kappa shape index (κ1) is 25.9. The lowest BCUT2D eigenvalue weighted by Gasteiger charge is -2.23. The Morgan fingerprint density at radius 1 is 1.00 bits per heavy atom. The number of hydrogen-bond donors (Lipinski definition) is 7. The molecule has 0 saturated carbocycles. The number of H-pyrrole nitrogens is 2. The van der Waals surface area contributed by atoms with Gasteiger partial charge in [-0.15, -0.1) is 0 Å². The second-order valence-electron chi connectivity index (χ2n) is 7.18. The van der Waals surface area contributed by atoms with E-state index in [9.17, 15) is 19.2 Å². The molecule has 0 bridgehead atoms. The van der Waals surface area contributed by atoms with Crippen molar-refractivity contribution in [2.24, 2.45) is 5.73 Å². The molecule has 0 aliphatic rings. The van der Waals surface area contributed by atoms with Crippen LogP contribution in [0.3, 0.4) is 0 Å². The van der Waals surface area contributed by atoms with Gasteiger partial charge in [0.15, 0.2) is 0 Å². The predicted molar refractivity (Wildman–Crippen MR) is 120 cm³/mol. The number of carboxylic acids is 1. The number of nitrogens with one attached hydrogen (secondary N) is 5. The maximum atomic E-state index is 13.1. The molecule has 0 aromatic carbocycles. The van der Waals surface area contributed by atoms with Crippen LogP contribution < -0.4 is 21.7 Å². The number of carbonyl (C=O) groups is 4. The van der Waals surface area contributed by atoms with E-state index in [1.165, 1.54) is 25.0 Å². The van der Waals surface area contributed by atoms with Gasteiger partial charge in [-0.05, 0) is 18.4 Å². The van der Waals surface area contributed by atoms with Gasteiger partial charge in [0.25, 0.3) is 0 Å². The molecule has 3 amide bonds. The van der Waals surface area contributed by atoms with Crippen LogP contribution in [0.4, 0.5) is 0 Å². The predicted octanol–water partition coefficient (Wildman–Crippen LogP) is -1.83. The molecule has 3 unspecified atom stereocenters. The number of nitrogens with two attached hydrogens (primary N) is 1. The summed E-state index contributed by atoms with van der Waals surface area (Å²) in [6.07, 6.45) is 8.31. The Balaban J connectivity index is 2.14. The maximum Gasteiger partial charge on any atom is 0.322 e. The molecule has 13 nitrogen and oxygen atoms in total. The van der Waals surface area contributed by atoms with E-state index in [1.54, 1.807) is 11.8 Å². The maximum absolute atomic E-state index is 13.1. The highest BCUT2D eigenvalue weighted by Crippen LogP contribution is 2.05. The number of imidazole rings is 2. The number of carboxylic acid groups (broad SMARTS) is 1. The Hall–Kier alpha value is -3.39. The molecule has 0 aliphatic heterocycles. The molecule has 0 spiro atoms. The molecule has 14 heteroatoms. The Bertz CT molecular complexity index is 905. The summed E-state index contributed by atoms with van der Waals surface area (Å²) in [6, 6.07) is -2.95. The van der Waals surface area contributed by atoms with Gasteiger partial charge in [0.1, 0.15) is 18.6 Å². The lowest BCUT2D eigenvalue weighted by atomic mass is 10.1. The molecular formula is C19H28N8O5S. The van der Waals surface area contributed by atoms with E-state index in [2.05, 4.69) is 35.9 Å². The van der Waals surface area contributed by atoms with Gasteiger partial charge >= 0.3 is 5.97 Å². The summed E-state index contributed by atoms with van der Waals surface area (Å²) >= 11 is 1.55. The topological polar surface area (TPSA) is 208 Å². The number of hydrogen-bond acceptors (Lipinski definition) is 8. The molecule has 2 heterocycles. The first-order valence-corrected chi connectivity index (χ1v) is 11.5. The fourth-order valence-electron chi connectivity index (χ4n) is 2.86. The van der Waals surface area contributed by atoms with E-state index in [4.69, 9.17) is 10.8 Å². The summed E-state index contributed by atoms with van der Waals surface area (Å²) in [5, 5.41) is 16.3. The van der Waals surface area contributed by atoms with Gasteiger partial charge in [0, 0.05) is 36.6 Å². The quantitative estimate of drug-likeness (QED) is 0.162. The minimum atomic E-state index is -1.22. The second-order valence-corrected chi connectivity index (χ2v) is 8.17. The number of thioether (sulfide) groups is 1. The number of aromatic amines is 2. The molecule has 33 heavy (non-hydrogen) atoms. The summed E-state index contributed by atoms with van der Waals surface area (Å²) < 4.78 is 0. The molecule has 0 aliphatic carbocycles. The zero-order valence-corrected chi connectivity index (χ0v) is 18.9. The van der Waals surface area contributed by atoms with Crippen molar-refractivity contribution >= 4 is 35.5 Å². The van der Waals surface area contributed by atoms with Crippen molar-refractivity contribution in [2.45, 2.75) is 37.4 Å². The van der Waals surface area contributed by atoms with E-state index in [1.807, 2.05) is 6.26 Å². The van der Waals surface area contributed by atoms with E-state index < -0.39 is 48.4 Å². The second kappa shape index (κ2) is 13.2. The summed E-state index contributed by atoms with van der Waals surface area (Å²) in [5.74, 6) is -2.36. The van der Waals surface area contributed by atoms with Crippen molar-refractivity contribution < 1.29 is 24.3 Å². The average molecular weight is 481 g/mol.